The van der Waals surface area contributed by atoms with Crippen molar-refractivity contribution < 1.29 is 23.8 Å². The summed E-state index contributed by atoms with van der Waals surface area (Å²) in [5, 5.41) is 10.7. The molecule has 7 nitrogen and oxygen atoms in total. The molecule has 1 aromatic rings. The molecule has 37 heavy (non-hydrogen) atoms. The topological polar surface area (TPSA) is 82.1 Å². The van der Waals surface area contributed by atoms with Crippen LogP contribution in [0, 0.1) is 11.8 Å². The van der Waals surface area contributed by atoms with Crippen molar-refractivity contribution in [1.82, 2.24) is 15.3 Å². The highest BCUT2D eigenvalue weighted by Crippen LogP contribution is 2.43. The molecule has 1 heterocycles. The number of nitrogens with one attached hydrogen (secondary N) is 1. The lowest BCUT2D eigenvalue weighted by molar-refractivity contribution is 0.0184. The van der Waals surface area contributed by atoms with Crippen molar-refractivity contribution in [1.29, 1.82) is 0 Å². The van der Waals surface area contributed by atoms with Crippen LogP contribution in [0.4, 0.5) is 14.0 Å². The number of carbonyl (C=O) groups excluding carboxylic acids is 1. The van der Waals surface area contributed by atoms with E-state index in [-0.39, 0.29) is 19.0 Å². The number of rotatable bonds is 12. The van der Waals surface area contributed by atoms with E-state index in [1.807, 2.05) is 30.3 Å². The summed E-state index contributed by atoms with van der Waals surface area (Å²) in [5.41, 5.74) is 1.67. The number of ether oxygens (including phenoxy) is 1. The average Bonchev–Trinajstić information content (AvgIpc) is 2.93. The van der Waals surface area contributed by atoms with Crippen LogP contribution in [0.15, 0.2) is 30.3 Å². The third-order valence-electron chi connectivity index (χ3n) is 8.18. The van der Waals surface area contributed by atoms with Gasteiger partial charge in [0.2, 0.25) is 0 Å². The number of urea groups is 1. The molecule has 0 radical (unpaired) electrons. The van der Waals surface area contributed by atoms with E-state index in [0.717, 1.165) is 36.6 Å². The smallest absolute Gasteiger partial charge is 0.426 e. The van der Waals surface area contributed by atoms with Crippen LogP contribution in [0.2, 0.25) is 0 Å². The number of hydrogen-bond donors (Lipinski definition) is 2. The summed E-state index contributed by atoms with van der Waals surface area (Å²) in [4.78, 5) is 26.5. The predicted molar refractivity (Wildman–Crippen MR) is 143 cm³/mol. The zero-order chi connectivity index (χ0) is 26.5. The fraction of sp³-hybridized carbons (Fsp3) is 0.724. The first kappa shape index (κ1) is 29.2. The maximum atomic E-state index is 16.7. The maximum Gasteiger partial charge on any atom is 0.426 e. The second-order valence-electron chi connectivity index (χ2n) is 10.8. The molecular formula is C29H46FN3O4. The lowest BCUT2D eigenvalue weighted by Gasteiger charge is -2.41. The van der Waals surface area contributed by atoms with E-state index in [1.165, 1.54) is 32.1 Å². The van der Waals surface area contributed by atoms with Gasteiger partial charge >= 0.3 is 12.1 Å². The molecular weight excluding hydrogens is 473 g/mol. The SMILES string of the molecule is COCCCCC(F)(c1ccccc1)C1CCCN(C(=O)NN(CCCCC2CCCCC2)C(=O)O)C1. The highest BCUT2D eigenvalue weighted by atomic mass is 19.1. The van der Waals surface area contributed by atoms with Crippen molar-refractivity contribution in [3.8, 4) is 0 Å². The lowest BCUT2D eigenvalue weighted by Crippen LogP contribution is -2.55. The molecule has 1 saturated heterocycles. The van der Waals surface area contributed by atoms with Crippen LogP contribution in [0.25, 0.3) is 0 Å². The Kier molecular flexibility index (Phi) is 12.0. The fourth-order valence-corrected chi connectivity index (χ4v) is 6.03. The van der Waals surface area contributed by atoms with Gasteiger partial charge in [-0.05, 0) is 50.0 Å². The van der Waals surface area contributed by atoms with Gasteiger partial charge in [-0.25, -0.2) is 24.4 Å². The van der Waals surface area contributed by atoms with Crippen LogP contribution < -0.4 is 5.43 Å². The van der Waals surface area contributed by atoms with Crippen LogP contribution in [0.3, 0.4) is 0 Å². The van der Waals surface area contributed by atoms with Crippen molar-refractivity contribution in [3.63, 3.8) is 0 Å². The highest BCUT2D eigenvalue weighted by molar-refractivity contribution is 5.77. The molecule has 2 fully saturated rings. The minimum Gasteiger partial charge on any atom is -0.464 e. The first-order chi connectivity index (χ1) is 17.9. The summed E-state index contributed by atoms with van der Waals surface area (Å²) < 4.78 is 21.9. The van der Waals surface area contributed by atoms with Crippen molar-refractivity contribution in [2.45, 2.75) is 89.1 Å². The number of nitrogens with zero attached hydrogens (tertiary/aromatic N) is 2. The maximum absolute atomic E-state index is 16.7. The van der Waals surface area contributed by atoms with Gasteiger partial charge in [0.1, 0.15) is 5.67 Å². The Morgan fingerprint density at radius 1 is 1.08 bits per heavy atom. The van der Waals surface area contributed by atoms with Gasteiger partial charge in [0.25, 0.3) is 0 Å². The number of alkyl halides is 1. The van der Waals surface area contributed by atoms with Gasteiger partial charge in [0, 0.05) is 39.3 Å². The Hall–Kier alpha value is -2.35. The number of hydrogen-bond acceptors (Lipinski definition) is 3. The summed E-state index contributed by atoms with van der Waals surface area (Å²) in [6.07, 6.45) is 11.3. The first-order valence-corrected chi connectivity index (χ1v) is 14.2. The zero-order valence-corrected chi connectivity index (χ0v) is 22.5. The summed E-state index contributed by atoms with van der Waals surface area (Å²) in [5.74, 6) is 0.401. The van der Waals surface area contributed by atoms with E-state index < -0.39 is 17.8 Å². The first-order valence-electron chi connectivity index (χ1n) is 14.2. The third-order valence-corrected chi connectivity index (χ3v) is 8.18. The van der Waals surface area contributed by atoms with E-state index >= 15 is 4.39 Å². The molecule has 3 rings (SSSR count). The Bertz CT molecular complexity index is 821. The number of amides is 3. The Labute approximate surface area is 221 Å². The van der Waals surface area contributed by atoms with Gasteiger partial charge in [0.15, 0.2) is 0 Å². The van der Waals surface area contributed by atoms with Gasteiger partial charge < -0.3 is 14.7 Å². The van der Waals surface area contributed by atoms with E-state index in [9.17, 15) is 14.7 Å². The molecule has 208 valence electrons. The molecule has 1 aliphatic carbocycles. The van der Waals surface area contributed by atoms with E-state index in [1.54, 1.807) is 12.0 Å². The molecule has 2 aliphatic rings. The number of piperidine rings is 1. The summed E-state index contributed by atoms with van der Waals surface area (Å²) in [7, 11) is 1.65. The second kappa shape index (κ2) is 15.2. The molecule has 8 heteroatoms. The van der Waals surface area contributed by atoms with Gasteiger partial charge in [-0.2, -0.15) is 0 Å². The van der Waals surface area contributed by atoms with E-state index in [2.05, 4.69) is 5.43 Å². The monoisotopic (exact) mass is 519 g/mol. The molecule has 0 spiro atoms. The van der Waals surface area contributed by atoms with Crippen molar-refractivity contribution in [2.75, 3.05) is 33.4 Å². The van der Waals surface area contributed by atoms with E-state index in [4.69, 9.17) is 4.74 Å². The predicted octanol–water partition coefficient (Wildman–Crippen LogP) is 6.74. The molecule has 0 aromatic heterocycles. The van der Waals surface area contributed by atoms with Crippen LogP contribution in [0.1, 0.15) is 89.0 Å². The molecule has 2 unspecified atom stereocenters. The Morgan fingerprint density at radius 2 is 1.84 bits per heavy atom. The quantitative estimate of drug-likeness (QED) is 0.237. The van der Waals surface area contributed by atoms with Crippen LogP contribution >= 0.6 is 0 Å². The zero-order valence-electron chi connectivity index (χ0n) is 22.5. The van der Waals surface area contributed by atoms with E-state index in [0.29, 0.717) is 44.4 Å². The summed E-state index contributed by atoms with van der Waals surface area (Å²) in [6.45, 7) is 1.61. The number of carboxylic acid groups (broad SMARTS) is 1. The van der Waals surface area contributed by atoms with Crippen LogP contribution in [-0.2, 0) is 10.4 Å². The highest BCUT2D eigenvalue weighted by Gasteiger charge is 2.43. The largest absolute Gasteiger partial charge is 0.464 e. The fourth-order valence-electron chi connectivity index (χ4n) is 6.03. The average molecular weight is 520 g/mol. The van der Waals surface area contributed by atoms with Gasteiger partial charge in [-0.15, -0.1) is 0 Å². The van der Waals surface area contributed by atoms with Crippen molar-refractivity contribution >= 4 is 12.1 Å². The number of likely N-dealkylation sites (tertiary alicyclic amines) is 1. The normalized spacial score (nSPS) is 20.3. The minimum atomic E-state index is -1.56. The second-order valence-corrected chi connectivity index (χ2v) is 10.8. The number of benzene rings is 1. The van der Waals surface area contributed by atoms with Crippen LogP contribution in [0.5, 0.6) is 0 Å². The molecule has 1 saturated carbocycles. The van der Waals surface area contributed by atoms with Gasteiger partial charge in [0.05, 0.1) is 0 Å². The van der Waals surface area contributed by atoms with Gasteiger partial charge in [-0.1, -0.05) is 75.3 Å². The number of methoxy groups -OCH3 is 1. The molecule has 3 amide bonds. The Balaban J connectivity index is 1.56. The van der Waals surface area contributed by atoms with Crippen LogP contribution in [-0.4, -0.2) is 60.5 Å². The van der Waals surface area contributed by atoms with Gasteiger partial charge in [-0.3, -0.25) is 0 Å². The number of hydrazine groups is 1. The summed E-state index contributed by atoms with van der Waals surface area (Å²) in [6, 6.07) is 8.78. The summed E-state index contributed by atoms with van der Waals surface area (Å²) >= 11 is 0. The lowest BCUT2D eigenvalue weighted by atomic mass is 9.75. The molecule has 2 N–H and O–H groups in total. The molecule has 0 bridgehead atoms. The standard InChI is InChI=1S/C29H46FN3O4/c1-37-22-11-9-19-29(30,25-16-6-3-7-17-25)26-18-12-20-32(23-26)27(34)31-33(28(35)36)21-10-8-15-24-13-4-2-5-14-24/h3,6-7,16-17,24,26H,2,4-5,8-15,18-23H2,1H3,(H,31,34)(H,35,36). The number of carbonyl (C=O) groups is 2. The molecule has 2 atom stereocenters. The van der Waals surface area contributed by atoms with Crippen molar-refractivity contribution in [2.24, 2.45) is 11.8 Å². The third kappa shape index (κ3) is 8.87. The minimum absolute atomic E-state index is 0.261. The van der Waals surface area contributed by atoms with Crippen molar-refractivity contribution in [3.05, 3.63) is 35.9 Å². The number of unbranched alkanes of at least 4 members (excludes halogenated alkanes) is 2. The Morgan fingerprint density at radius 3 is 2.54 bits per heavy atom. The number of halogens is 1. The molecule has 1 aromatic carbocycles. The molecule has 1 aliphatic heterocycles.